The highest BCUT2D eigenvalue weighted by molar-refractivity contribution is 7.89. The van der Waals surface area contributed by atoms with Gasteiger partial charge in [0.25, 0.3) is 5.89 Å². The van der Waals surface area contributed by atoms with Gasteiger partial charge in [-0.3, -0.25) is 0 Å². The molecule has 1 aliphatic heterocycles. The molecule has 1 atom stereocenters. The molecule has 0 N–H and O–H groups in total. The number of aryl methyl sites for hydroxylation is 1. The molecule has 0 amide bonds. The first-order chi connectivity index (χ1) is 13.4. The van der Waals surface area contributed by atoms with Gasteiger partial charge in [-0.2, -0.15) is 9.29 Å². The fourth-order valence-electron chi connectivity index (χ4n) is 3.07. The third kappa shape index (κ3) is 3.68. The van der Waals surface area contributed by atoms with E-state index in [4.69, 9.17) is 20.9 Å². The number of morpholine rings is 1. The van der Waals surface area contributed by atoms with Crippen molar-refractivity contribution < 1.29 is 17.7 Å². The fourth-order valence-corrected chi connectivity index (χ4v) is 4.80. The minimum atomic E-state index is -3.70. The minimum Gasteiger partial charge on any atom is -0.366 e. The van der Waals surface area contributed by atoms with Gasteiger partial charge in [0.05, 0.1) is 11.5 Å². The van der Waals surface area contributed by atoms with Crippen LogP contribution >= 0.6 is 11.6 Å². The van der Waals surface area contributed by atoms with Crippen molar-refractivity contribution in [3.05, 3.63) is 65.0 Å². The van der Waals surface area contributed by atoms with Crippen molar-refractivity contribution in [3.8, 4) is 11.4 Å². The molecule has 4 rings (SSSR count). The van der Waals surface area contributed by atoms with E-state index in [1.807, 2.05) is 31.2 Å². The van der Waals surface area contributed by atoms with Crippen molar-refractivity contribution in [2.75, 3.05) is 19.7 Å². The number of nitrogens with zero attached hydrogens (tertiary/aromatic N) is 3. The van der Waals surface area contributed by atoms with E-state index < -0.39 is 16.1 Å². The third-order valence-electron chi connectivity index (χ3n) is 4.57. The predicted molar refractivity (Wildman–Crippen MR) is 103 cm³/mol. The molecule has 28 heavy (non-hydrogen) atoms. The Kier molecular flexibility index (Phi) is 5.20. The van der Waals surface area contributed by atoms with Crippen LogP contribution in [0.25, 0.3) is 11.4 Å². The molecule has 1 saturated heterocycles. The number of benzene rings is 2. The quantitative estimate of drug-likeness (QED) is 0.643. The van der Waals surface area contributed by atoms with E-state index in [0.29, 0.717) is 10.8 Å². The Balaban J connectivity index is 1.57. The molecular formula is C19H18ClN3O4S. The molecule has 7 nitrogen and oxygen atoms in total. The standard InChI is InChI=1S/C19H18ClN3O4S/c1-13-5-2-3-8-16(13)18-21-19(27-22-18)17-12-23(9-10-26-17)28(24,25)15-7-4-6-14(20)11-15/h2-8,11,17H,9-10,12H2,1H3/t17-/m1/s1. The number of hydrogen-bond donors (Lipinski definition) is 0. The van der Waals surface area contributed by atoms with Gasteiger partial charge in [-0.15, -0.1) is 0 Å². The van der Waals surface area contributed by atoms with Gasteiger partial charge >= 0.3 is 0 Å². The van der Waals surface area contributed by atoms with Gasteiger partial charge in [-0.05, 0) is 30.7 Å². The average Bonchev–Trinajstić information content (AvgIpc) is 3.18. The smallest absolute Gasteiger partial charge is 0.257 e. The molecule has 1 fully saturated rings. The Hall–Kier alpha value is -2.26. The predicted octanol–water partition coefficient (Wildman–Crippen LogP) is 3.46. The van der Waals surface area contributed by atoms with Gasteiger partial charge in [0.2, 0.25) is 15.8 Å². The van der Waals surface area contributed by atoms with E-state index in [-0.39, 0.29) is 30.5 Å². The number of hydrogen-bond acceptors (Lipinski definition) is 6. The maximum absolute atomic E-state index is 12.9. The lowest BCUT2D eigenvalue weighted by atomic mass is 10.1. The van der Waals surface area contributed by atoms with Crippen LogP contribution in [0.1, 0.15) is 17.6 Å². The normalized spacial score (nSPS) is 18.3. The van der Waals surface area contributed by atoms with Crippen LogP contribution in [0.2, 0.25) is 5.02 Å². The van der Waals surface area contributed by atoms with E-state index in [9.17, 15) is 8.42 Å². The lowest BCUT2D eigenvalue weighted by molar-refractivity contribution is -0.0199. The van der Waals surface area contributed by atoms with E-state index in [1.165, 1.54) is 16.4 Å². The van der Waals surface area contributed by atoms with Crippen molar-refractivity contribution in [1.82, 2.24) is 14.4 Å². The summed E-state index contributed by atoms with van der Waals surface area (Å²) in [6.07, 6.45) is -0.632. The number of sulfonamides is 1. The Labute approximate surface area is 167 Å². The molecule has 3 aromatic rings. The summed E-state index contributed by atoms with van der Waals surface area (Å²) in [6, 6.07) is 13.9. The average molecular weight is 420 g/mol. The summed E-state index contributed by atoms with van der Waals surface area (Å²) in [6.45, 7) is 2.52. The van der Waals surface area contributed by atoms with Crippen LogP contribution in [0, 0.1) is 6.92 Å². The van der Waals surface area contributed by atoms with E-state index in [0.717, 1.165) is 11.1 Å². The lowest BCUT2D eigenvalue weighted by Crippen LogP contribution is -2.42. The van der Waals surface area contributed by atoms with Crippen molar-refractivity contribution in [1.29, 1.82) is 0 Å². The Bertz CT molecular complexity index is 1100. The second-order valence-corrected chi connectivity index (χ2v) is 8.83. The van der Waals surface area contributed by atoms with Crippen LogP contribution in [0.3, 0.4) is 0 Å². The molecule has 146 valence electrons. The van der Waals surface area contributed by atoms with Crippen LogP contribution in [-0.4, -0.2) is 42.6 Å². The highest BCUT2D eigenvalue weighted by Crippen LogP contribution is 2.28. The minimum absolute atomic E-state index is 0.0876. The molecule has 2 heterocycles. The lowest BCUT2D eigenvalue weighted by Gasteiger charge is -2.30. The molecule has 0 aliphatic carbocycles. The Morgan fingerprint density at radius 2 is 2.00 bits per heavy atom. The summed E-state index contributed by atoms with van der Waals surface area (Å²) in [5, 5.41) is 4.39. The molecule has 0 unspecified atom stereocenters. The molecular weight excluding hydrogens is 402 g/mol. The highest BCUT2D eigenvalue weighted by atomic mass is 35.5. The van der Waals surface area contributed by atoms with Crippen LogP contribution in [0.15, 0.2) is 57.9 Å². The molecule has 9 heteroatoms. The van der Waals surface area contributed by atoms with Crippen LogP contribution in [0.4, 0.5) is 0 Å². The number of ether oxygens (including phenoxy) is 1. The molecule has 0 bridgehead atoms. The van der Waals surface area contributed by atoms with Crippen molar-refractivity contribution in [2.24, 2.45) is 0 Å². The monoisotopic (exact) mass is 419 g/mol. The summed E-state index contributed by atoms with van der Waals surface area (Å²) >= 11 is 5.95. The van der Waals surface area contributed by atoms with E-state index >= 15 is 0 Å². The van der Waals surface area contributed by atoms with Crippen LogP contribution in [0.5, 0.6) is 0 Å². The SMILES string of the molecule is Cc1ccccc1-c1noc([C@H]2CN(S(=O)(=O)c3cccc(Cl)c3)CCO2)n1. The molecule has 1 aliphatic rings. The second kappa shape index (κ2) is 7.63. The molecule has 0 spiro atoms. The van der Waals surface area contributed by atoms with Gasteiger partial charge < -0.3 is 9.26 Å². The van der Waals surface area contributed by atoms with Gasteiger partial charge in [0, 0.05) is 23.7 Å². The summed E-state index contributed by atoms with van der Waals surface area (Å²) in [5.41, 5.74) is 1.88. The van der Waals surface area contributed by atoms with Crippen molar-refractivity contribution in [2.45, 2.75) is 17.9 Å². The van der Waals surface area contributed by atoms with Gasteiger partial charge in [-0.25, -0.2) is 8.42 Å². The molecule has 0 radical (unpaired) electrons. The maximum atomic E-state index is 12.9. The Morgan fingerprint density at radius 1 is 1.18 bits per heavy atom. The van der Waals surface area contributed by atoms with E-state index in [1.54, 1.807) is 12.1 Å². The fraction of sp³-hybridized carbons (Fsp3) is 0.263. The summed E-state index contributed by atoms with van der Waals surface area (Å²) < 4.78 is 38.3. The van der Waals surface area contributed by atoms with Gasteiger partial charge in [0.1, 0.15) is 0 Å². The largest absolute Gasteiger partial charge is 0.366 e. The van der Waals surface area contributed by atoms with Crippen LogP contribution < -0.4 is 0 Å². The zero-order valence-corrected chi connectivity index (χ0v) is 16.7. The zero-order chi connectivity index (χ0) is 19.7. The third-order valence-corrected chi connectivity index (χ3v) is 6.66. The molecule has 1 aromatic heterocycles. The maximum Gasteiger partial charge on any atom is 0.257 e. The first-order valence-corrected chi connectivity index (χ1v) is 10.5. The van der Waals surface area contributed by atoms with Gasteiger partial charge in [0.15, 0.2) is 6.10 Å². The van der Waals surface area contributed by atoms with Crippen LogP contribution in [-0.2, 0) is 14.8 Å². The summed E-state index contributed by atoms with van der Waals surface area (Å²) in [5.74, 6) is 0.704. The van der Waals surface area contributed by atoms with E-state index in [2.05, 4.69) is 10.1 Å². The number of aromatic nitrogens is 2. The second-order valence-electron chi connectivity index (χ2n) is 6.45. The molecule has 0 saturated carbocycles. The molecule has 2 aromatic carbocycles. The summed E-state index contributed by atoms with van der Waals surface area (Å²) in [7, 11) is -3.70. The first kappa shape index (κ1) is 19.1. The van der Waals surface area contributed by atoms with Crippen molar-refractivity contribution >= 4 is 21.6 Å². The first-order valence-electron chi connectivity index (χ1n) is 8.72. The van der Waals surface area contributed by atoms with Gasteiger partial charge in [-0.1, -0.05) is 47.1 Å². The number of rotatable bonds is 4. The Morgan fingerprint density at radius 3 is 2.79 bits per heavy atom. The van der Waals surface area contributed by atoms with Crippen molar-refractivity contribution in [3.63, 3.8) is 0 Å². The summed E-state index contributed by atoms with van der Waals surface area (Å²) in [4.78, 5) is 4.57. The highest BCUT2D eigenvalue weighted by Gasteiger charge is 2.34. The topological polar surface area (TPSA) is 85.5 Å². The zero-order valence-electron chi connectivity index (χ0n) is 15.1. The number of halogens is 1.